The number of ether oxygens (including phenoxy) is 1. The largest absolute Gasteiger partial charge is 0.492 e. The highest BCUT2D eigenvalue weighted by molar-refractivity contribution is 6.07. The average molecular weight is 391 g/mol. The molecule has 4 rings (SSSR count). The Labute approximate surface area is 167 Å². The van der Waals surface area contributed by atoms with Crippen LogP contribution in [0.3, 0.4) is 0 Å². The molecule has 0 fully saturated rings. The molecule has 0 saturated carbocycles. The Morgan fingerprint density at radius 1 is 1.03 bits per heavy atom. The number of hydrogen-bond donors (Lipinski definition) is 3. The van der Waals surface area contributed by atoms with Gasteiger partial charge >= 0.3 is 0 Å². The number of nitrogens with zero attached hydrogens (tertiary/aromatic N) is 1. The molecule has 4 aromatic rings. The van der Waals surface area contributed by atoms with Crippen molar-refractivity contribution in [1.29, 1.82) is 0 Å². The number of nitro benzene ring substituents is 1. The van der Waals surface area contributed by atoms with E-state index in [1.165, 1.54) is 17.5 Å². The molecule has 0 bridgehead atoms. The van der Waals surface area contributed by atoms with Crippen LogP contribution < -0.4 is 10.1 Å². The third-order valence-electron chi connectivity index (χ3n) is 4.91. The molecule has 3 aromatic carbocycles. The van der Waals surface area contributed by atoms with Crippen LogP contribution >= 0.6 is 0 Å². The summed E-state index contributed by atoms with van der Waals surface area (Å²) in [5.41, 5.74) is 2.78. The molecule has 0 radical (unpaired) electrons. The molecule has 1 aromatic heterocycles. The van der Waals surface area contributed by atoms with Crippen LogP contribution in [-0.2, 0) is 0 Å². The lowest BCUT2D eigenvalue weighted by atomic mass is 10.1. The monoisotopic (exact) mass is 391 g/mol. The topological polar surface area (TPSA) is 100 Å². The van der Waals surface area contributed by atoms with Gasteiger partial charge < -0.3 is 20.1 Å². The molecule has 0 amide bonds. The highest BCUT2D eigenvalue weighted by Crippen LogP contribution is 2.28. The molecule has 29 heavy (non-hydrogen) atoms. The molecule has 0 aliphatic heterocycles. The predicted molar refractivity (Wildman–Crippen MR) is 112 cm³/mol. The normalized spacial score (nSPS) is 12.3. The zero-order valence-electron chi connectivity index (χ0n) is 15.7. The predicted octanol–water partition coefficient (Wildman–Crippen LogP) is 3.93. The Balaban J connectivity index is 1.37. The van der Waals surface area contributed by atoms with Gasteiger partial charge in [0.15, 0.2) is 0 Å². The highest BCUT2D eigenvalue weighted by Gasteiger charge is 2.13. The van der Waals surface area contributed by atoms with E-state index in [4.69, 9.17) is 4.74 Å². The molecule has 0 saturated heterocycles. The first kappa shape index (κ1) is 18.9. The smallest absolute Gasteiger partial charge is 0.269 e. The maximum Gasteiger partial charge on any atom is 0.269 e. The van der Waals surface area contributed by atoms with Gasteiger partial charge in [-0.1, -0.05) is 30.3 Å². The Morgan fingerprint density at radius 2 is 1.86 bits per heavy atom. The van der Waals surface area contributed by atoms with E-state index < -0.39 is 11.0 Å². The summed E-state index contributed by atoms with van der Waals surface area (Å²) in [4.78, 5) is 13.9. The number of rotatable bonds is 8. The molecule has 3 N–H and O–H groups in total. The molecule has 1 unspecified atom stereocenters. The summed E-state index contributed by atoms with van der Waals surface area (Å²) in [5, 5.41) is 26.1. The van der Waals surface area contributed by atoms with E-state index in [2.05, 4.69) is 16.4 Å². The van der Waals surface area contributed by atoms with Crippen molar-refractivity contribution in [2.75, 3.05) is 19.8 Å². The number of aliphatic hydroxyl groups excluding tert-OH is 1. The van der Waals surface area contributed by atoms with Crippen molar-refractivity contribution in [3.8, 4) is 5.75 Å². The quantitative estimate of drug-likeness (QED) is 0.240. The number of non-ortho nitro benzene ring substituents is 1. The maximum atomic E-state index is 10.9. The van der Waals surface area contributed by atoms with Crippen molar-refractivity contribution >= 4 is 27.5 Å². The molecule has 0 spiro atoms. The zero-order valence-corrected chi connectivity index (χ0v) is 15.7. The number of fused-ring (bicyclic) bond motifs is 3. The fourth-order valence-electron chi connectivity index (χ4n) is 3.47. The molecule has 7 heteroatoms. The molecule has 0 aliphatic rings. The number of aromatic nitrogens is 1. The van der Waals surface area contributed by atoms with Gasteiger partial charge in [-0.15, -0.1) is 0 Å². The van der Waals surface area contributed by atoms with Crippen molar-refractivity contribution in [3.63, 3.8) is 0 Å². The fourth-order valence-corrected chi connectivity index (χ4v) is 3.47. The lowest BCUT2D eigenvalue weighted by molar-refractivity contribution is -0.384. The third-order valence-corrected chi connectivity index (χ3v) is 4.91. The van der Waals surface area contributed by atoms with Crippen molar-refractivity contribution in [2.45, 2.75) is 6.04 Å². The number of benzene rings is 3. The van der Waals surface area contributed by atoms with E-state index >= 15 is 0 Å². The highest BCUT2D eigenvalue weighted by atomic mass is 16.6. The Kier molecular flexibility index (Phi) is 5.41. The van der Waals surface area contributed by atoms with E-state index in [-0.39, 0.29) is 12.3 Å². The number of nitrogens with one attached hydrogen (secondary N) is 2. The molecule has 1 atom stereocenters. The molecule has 148 valence electrons. The van der Waals surface area contributed by atoms with Crippen molar-refractivity contribution in [3.05, 3.63) is 82.4 Å². The Morgan fingerprint density at radius 3 is 2.69 bits per heavy atom. The number of H-pyrrole nitrogens is 1. The van der Waals surface area contributed by atoms with Gasteiger partial charge in [0.25, 0.3) is 5.69 Å². The summed E-state index contributed by atoms with van der Waals surface area (Å²) >= 11 is 0. The van der Waals surface area contributed by atoms with Crippen LogP contribution in [0.4, 0.5) is 5.69 Å². The van der Waals surface area contributed by atoms with Gasteiger partial charge in [0, 0.05) is 41.0 Å². The first-order chi connectivity index (χ1) is 14.2. The molecule has 1 heterocycles. The van der Waals surface area contributed by atoms with E-state index in [1.807, 2.05) is 36.4 Å². The van der Waals surface area contributed by atoms with Crippen molar-refractivity contribution in [1.82, 2.24) is 10.3 Å². The van der Waals surface area contributed by atoms with Crippen LogP contribution in [0.2, 0.25) is 0 Å². The summed E-state index contributed by atoms with van der Waals surface area (Å²) < 4.78 is 5.83. The standard InChI is InChI=1S/C22H21N3O4/c26-14-22(15-4-3-5-16(12-15)25(27)28)23-10-11-29-17-8-9-19-18-6-1-2-7-20(18)24-21(19)13-17/h1-9,12-13,22-24,26H,10-11,14H2. The van der Waals surface area contributed by atoms with Gasteiger partial charge in [0.05, 0.1) is 23.1 Å². The van der Waals surface area contributed by atoms with E-state index in [0.29, 0.717) is 18.7 Å². The van der Waals surface area contributed by atoms with Crippen LogP contribution in [0.1, 0.15) is 11.6 Å². The van der Waals surface area contributed by atoms with Crippen LogP contribution in [0.5, 0.6) is 5.75 Å². The van der Waals surface area contributed by atoms with Crippen LogP contribution in [0.15, 0.2) is 66.7 Å². The maximum absolute atomic E-state index is 10.9. The molecular weight excluding hydrogens is 370 g/mol. The summed E-state index contributed by atoms with van der Waals surface area (Å²) in [6.45, 7) is 0.720. The van der Waals surface area contributed by atoms with Crippen LogP contribution in [-0.4, -0.2) is 34.8 Å². The summed E-state index contributed by atoms with van der Waals surface area (Å²) in [7, 11) is 0. The summed E-state index contributed by atoms with van der Waals surface area (Å²) in [6.07, 6.45) is 0. The van der Waals surface area contributed by atoms with Crippen molar-refractivity contribution < 1.29 is 14.8 Å². The lowest BCUT2D eigenvalue weighted by Gasteiger charge is -2.17. The minimum atomic E-state index is -0.443. The van der Waals surface area contributed by atoms with Crippen LogP contribution in [0, 0.1) is 10.1 Å². The third kappa shape index (κ3) is 4.06. The summed E-state index contributed by atoms with van der Waals surface area (Å²) in [5.74, 6) is 0.752. The Hall–Kier alpha value is -3.42. The van der Waals surface area contributed by atoms with Gasteiger partial charge in [-0.2, -0.15) is 0 Å². The Bertz CT molecular complexity index is 1160. The second-order valence-electron chi connectivity index (χ2n) is 6.77. The van der Waals surface area contributed by atoms with Gasteiger partial charge in [0.2, 0.25) is 0 Å². The number of aromatic amines is 1. The molecule has 7 nitrogen and oxygen atoms in total. The van der Waals surface area contributed by atoms with Gasteiger partial charge in [-0.25, -0.2) is 0 Å². The SMILES string of the molecule is O=[N+]([O-])c1cccc(C(CO)NCCOc2ccc3c(c2)[nH]c2ccccc23)c1. The first-order valence-electron chi connectivity index (χ1n) is 9.37. The minimum Gasteiger partial charge on any atom is -0.492 e. The lowest BCUT2D eigenvalue weighted by Crippen LogP contribution is -2.28. The second kappa shape index (κ2) is 8.30. The number of hydrogen-bond acceptors (Lipinski definition) is 5. The fraction of sp³-hybridized carbons (Fsp3) is 0.182. The van der Waals surface area contributed by atoms with E-state index in [9.17, 15) is 15.2 Å². The number of nitro groups is 1. The summed E-state index contributed by atoms with van der Waals surface area (Å²) in [6, 6.07) is 20.0. The molecular formula is C22H21N3O4. The average Bonchev–Trinajstić information content (AvgIpc) is 3.11. The van der Waals surface area contributed by atoms with Gasteiger partial charge in [0.1, 0.15) is 12.4 Å². The number of para-hydroxylation sites is 1. The van der Waals surface area contributed by atoms with Gasteiger partial charge in [-0.3, -0.25) is 10.1 Å². The number of aliphatic hydroxyl groups is 1. The van der Waals surface area contributed by atoms with E-state index in [0.717, 1.165) is 22.2 Å². The van der Waals surface area contributed by atoms with E-state index in [1.54, 1.807) is 12.1 Å². The zero-order chi connectivity index (χ0) is 20.2. The first-order valence-corrected chi connectivity index (χ1v) is 9.37. The second-order valence-corrected chi connectivity index (χ2v) is 6.77. The van der Waals surface area contributed by atoms with Crippen molar-refractivity contribution in [2.24, 2.45) is 0 Å². The molecule has 0 aliphatic carbocycles. The van der Waals surface area contributed by atoms with Crippen LogP contribution in [0.25, 0.3) is 21.8 Å². The minimum absolute atomic E-state index is 0.00522. The van der Waals surface area contributed by atoms with Gasteiger partial charge in [-0.05, 0) is 23.8 Å².